The first-order valence-corrected chi connectivity index (χ1v) is 6.87. The van der Waals surface area contributed by atoms with Crippen molar-refractivity contribution in [2.75, 3.05) is 32.8 Å². The zero-order chi connectivity index (χ0) is 12.1. The Kier molecular flexibility index (Phi) is 4.80. The van der Waals surface area contributed by atoms with Crippen molar-refractivity contribution >= 4 is 5.91 Å². The van der Waals surface area contributed by atoms with Gasteiger partial charge in [-0.25, -0.2) is 0 Å². The van der Waals surface area contributed by atoms with Crippen LogP contribution in [0.5, 0.6) is 0 Å². The second kappa shape index (κ2) is 6.36. The van der Waals surface area contributed by atoms with Crippen molar-refractivity contribution in [2.45, 2.75) is 38.6 Å². The summed E-state index contributed by atoms with van der Waals surface area (Å²) in [4.78, 5) is 14.0. The van der Waals surface area contributed by atoms with Gasteiger partial charge in [0.2, 0.25) is 5.91 Å². The second-order valence-electron chi connectivity index (χ2n) is 5.22. The van der Waals surface area contributed by atoms with Crippen LogP contribution in [0, 0.1) is 5.92 Å². The molecule has 4 nitrogen and oxygen atoms in total. The average Bonchev–Trinajstić information content (AvgIpc) is 2.89. The quantitative estimate of drug-likeness (QED) is 0.797. The fourth-order valence-corrected chi connectivity index (χ4v) is 2.70. The van der Waals surface area contributed by atoms with Crippen LogP contribution in [0.1, 0.15) is 32.6 Å². The van der Waals surface area contributed by atoms with Crippen LogP contribution >= 0.6 is 0 Å². The molecule has 98 valence electrons. The Hall–Kier alpha value is -0.610. The molecule has 17 heavy (non-hydrogen) atoms. The van der Waals surface area contributed by atoms with E-state index in [1.165, 1.54) is 25.7 Å². The van der Waals surface area contributed by atoms with E-state index in [9.17, 15) is 4.79 Å². The van der Waals surface area contributed by atoms with E-state index in [2.05, 4.69) is 5.32 Å². The first-order chi connectivity index (χ1) is 8.27. The Morgan fingerprint density at radius 2 is 2.00 bits per heavy atom. The van der Waals surface area contributed by atoms with Crippen molar-refractivity contribution in [2.24, 2.45) is 5.92 Å². The van der Waals surface area contributed by atoms with Crippen LogP contribution in [-0.2, 0) is 9.53 Å². The zero-order valence-electron chi connectivity index (χ0n) is 10.8. The second-order valence-corrected chi connectivity index (χ2v) is 5.22. The van der Waals surface area contributed by atoms with Gasteiger partial charge < -0.3 is 15.0 Å². The molecule has 0 bridgehead atoms. The van der Waals surface area contributed by atoms with E-state index in [0.717, 1.165) is 25.6 Å². The molecule has 1 N–H and O–H groups in total. The van der Waals surface area contributed by atoms with Gasteiger partial charge in [0, 0.05) is 13.1 Å². The van der Waals surface area contributed by atoms with E-state index in [1.54, 1.807) is 0 Å². The van der Waals surface area contributed by atoms with Gasteiger partial charge in [-0.2, -0.15) is 0 Å². The van der Waals surface area contributed by atoms with E-state index in [-0.39, 0.29) is 11.9 Å². The highest BCUT2D eigenvalue weighted by atomic mass is 16.5. The Morgan fingerprint density at radius 1 is 1.35 bits per heavy atom. The Balaban J connectivity index is 1.70. The summed E-state index contributed by atoms with van der Waals surface area (Å²) in [5.41, 5.74) is 0. The number of amides is 1. The summed E-state index contributed by atoms with van der Waals surface area (Å²) in [7, 11) is 0. The van der Waals surface area contributed by atoms with Gasteiger partial charge in [0.1, 0.15) is 0 Å². The zero-order valence-corrected chi connectivity index (χ0v) is 10.8. The monoisotopic (exact) mass is 240 g/mol. The normalized spacial score (nSPS) is 23.9. The minimum atomic E-state index is -0.0475. The first kappa shape index (κ1) is 12.8. The van der Waals surface area contributed by atoms with Gasteiger partial charge >= 0.3 is 0 Å². The van der Waals surface area contributed by atoms with Crippen LogP contribution < -0.4 is 5.32 Å². The molecule has 2 rings (SSSR count). The van der Waals surface area contributed by atoms with Gasteiger partial charge in [-0.05, 0) is 32.2 Å². The van der Waals surface area contributed by atoms with Gasteiger partial charge in [-0.3, -0.25) is 4.79 Å². The highest BCUT2D eigenvalue weighted by molar-refractivity contribution is 5.81. The molecule has 0 radical (unpaired) electrons. The number of rotatable bonds is 4. The summed E-state index contributed by atoms with van der Waals surface area (Å²) in [6.45, 7) is 5.83. The van der Waals surface area contributed by atoms with Crippen LogP contribution in [-0.4, -0.2) is 49.7 Å². The molecule has 1 saturated heterocycles. The van der Waals surface area contributed by atoms with Crippen LogP contribution in [0.25, 0.3) is 0 Å². The molecule has 1 heterocycles. The van der Waals surface area contributed by atoms with E-state index >= 15 is 0 Å². The van der Waals surface area contributed by atoms with E-state index < -0.39 is 0 Å². The molecule has 1 aliphatic heterocycles. The predicted octanol–water partition coefficient (Wildman–Crippen LogP) is 1.01. The summed E-state index contributed by atoms with van der Waals surface area (Å²) in [6, 6.07) is -0.0475. The molecule has 1 aliphatic carbocycles. The molecule has 4 heteroatoms. The number of morpholine rings is 1. The summed E-state index contributed by atoms with van der Waals surface area (Å²) >= 11 is 0. The maximum atomic E-state index is 12.1. The molecule has 0 aromatic heterocycles. The molecule has 1 atom stereocenters. The largest absolute Gasteiger partial charge is 0.378 e. The third-order valence-electron chi connectivity index (χ3n) is 3.88. The van der Waals surface area contributed by atoms with Gasteiger partial charge in [-0.1, -0.05) is 12.8 Å². The van der Waals surface area contributed by atoms with Crippen LogP contribution in [0.15, 0.2) is 0 Å². The van der Waals surface area contributed by atoms with Crippen molar-refractivity contribution < 1.29 is 9.53 Å². The molecule has 0 spiro atoms. The minimum Gasteiger partial charge on any atom is -0.378 e. The number of carbonyl (C=O) groups is 1. The third-order valence-corrected chi connectivity index (χ3v) is 3.88. The van der Waals surface area contributed by atoms with Crippen molar-refractivity contribution in [3.05, 3.63) is 0 Å². The van der Waals surface area contributed by atoms with Crippen molar-refractivity contribution in [1.82, 2.24) is 10.2 Å². The summed E-state index contributed by atoms with van der Waals surface area (Å²) in [6.07, 6.45) is 5.37. The van der Waals surface area contributed by atoms with Crippen LogP contribution in [0.2, 0.25) is 0 Å². The molecule has 1 unspecified atom stereocenters. The van der Waals surface area contributed by atoms with Crippen molar-refractivity contribution in [3.63, 3.8) is 0 Å². The smallest absolute Gasteiger partial charge is 0.239 e. The van der Waals surface area contributed by atoms with E-state index in [1.807, 2.05) is 11.8 Å². The number of carbonyl (C=O) groups excluding carboxylic acids is 1. The number of hydrogen-bond acceptors (Lipinski definition) is 3. The van der Waals surface area contributed by atoms with Gasteiger partial charge in [0.05, 0.1) is 19.3 Å². The maximum Gasteiger partial charge on any atom is 0.239 e. The molecule has 1 amide bonds. The molecule has 0 aromatic carbocycles. The highest BCUT2D eigenvalue weighted by Crippen LogP contribution is 2.23. The third kappa shape index (κ3) is 3.68. The SMILES string of the molecule is CC(NCC1CCCC1)C(=O)N1CCOCC1. The average molecular weight is 240 g/mol. The Bertz CT molecular complexity index is 246. The highest BCUT2D eigenvalue weighted by Gasteiger charge is 2.23. The van der Waals surface area contributed by atoms with E-state index in [4.69, 9.17) is 4.74 Å². The fourth-order valence-electron chi connectivity index (χ4n) is 2.70. The first-order valence-electron chi connectivity index (χ1n) is 6.87. The molecule has 1 saturated carbocycles. The molecule has 2 fully saturated rings. The maximum absolute atomic E-state index is 12.1. The molecule has 0 aromatic rings. The lowest BCUT2D eigenvalue weighted by atomic mass is 10.1. The van der Waals surface area contributed by atoms with Gasteiger partial charge in [0.15, 0.2) is 0 Å². The lowest BCUT2D eigenvalue weighted by molar-refractivity contribution is -0.137. The van der Waals surface area contributed by atoms with Crippen molar-refractivity contribution in [1.29, 1.82) is 0 Å². The lowest BCUT2D eigenvalue weighted by Crippen LogP contribution is -2.49. The number of hydrogen-bond donors (Lipinski definition) is 1. The molecule has 2 aliphatic rings. The molecular formula is C13H24N2O2. The fraction of sp³-hybridized carbons (Fsp3) is 0.923. The standard InChI is InChI=1S/C13H24N2O2/c1-11(14-10-12-4-2-3-5-12)13(16)15-6-8-17-9-7-15/h11-12,14H,2-10H2,1H3. The Morgan fingerprint density at radius 3 is 2.65 bits per heavy atom. The number of nitrogens with one attached hydrogen (secondary N) is 1. The predicted molar refractivity (Wildman–Crippen MR) is 66.8 cm³/mol. The minimum absolute atomic E-state index is 0.0475. The summed E-state index contributed by atoms with van der Waals surface area (Å²) < 4.78 is 5.26. The van der Waals surface area contributed by atoms with E-state index in [0.29, 0.717) is 13.2 Å². The summed E-state index contributed by atoms with van der Waals surface area (Å²) in [5.74, 6) is 1.02. The van der Waals surface area contributed by atoms with Crippen molar-refractivity contribution in [3.8, 4) is 0 Å². The lowest BCUT2D eigenvalue weighted by Gasteiger charge is -2.29. The number of ether oxygens (including phenoxy) is 1. The van der Waals surface area contributed by atoms with Gasteiger partial charge in [0.25, 0.3) is 0 Å². The van der Waals surface area contributed by atoms with Gasteiger partial charge in [-0.15, -0.1) is 0 Å². The summed E-state index contributed by atoms with van der Waals surface area (Å²) in [5, 5.41) is 3.39. The molecular weight excluding hydrogens is 216 g/mol. The Labute approximate surface area is 104 Å². The topological polar surface area (TPSA) is 41.6 Å². The number of nitrogens with zero attached hydrogens (tertiary/aromatic N) is 1. The van der Waals surface area contributed by atoms with Crippen LogP contribution in [0.3, 0.4) is 0 Å². The van der Waals surface area contributed by atoms with Crippen LogP contribution in [0.4, 0.5) is 0 Å².